The number of amides is 1. The summed E-state index contributed by atoms with van der Waals surface area (Å²) >= 11 is 0. The van der Waals surface area contributed by atoms with Crippen LogP contribution in [0.1, 0.15) is 18.9 Å². The predicted octanol–water partition coefficient (Wildman–Crippen LogP) is 2.28. The van der Waals surface area contributed by atoms with Gasteiger partial charge in [0.2, 0.25) is 22.7 Å². The Morgan fingerprint density at radius 2 is 1.81 bits per heavy atom. The molecule has 26 heavy (non-hydrogen) atoms. The first-order valence-corrected chi connectivity index (χ1v) is 9.74. The van der Waals surface area contributed by atoms with Gasteiger partial charge in [0, 0.05) is 24.7 Å². The van der Waals surface area contributed by atoms with Crippen LogP contribution in [0, 0.1) is 0 Å². The molecule has 0 saturated heterocycles. The van der Waals surface area contributed by atoms with Crippen molar-refractivity contribution in [3.05, 3.63) is 48.0 Å². The predicted molar refractivity (Wildman–Crippen MR) is 96.8 cm³/mol. The second-order valence-electron chi connectivity index (χ2n) is 5.76. The van der Waals surface area contributed by atoms with E-state index in [-0.39, 0.29) is 30.6 Å². The Hall–Kier alpha value is -2.58. The highest BCUT2D eigenvalue weighted by atomic mass is 32.2. The Morgan fingerprint density at radius 1 is 1.08 bits per heavy atom. The number of benzene rings is 2. The van der Waals surface area contributed by atoms with Gasteiger partial charge >= 0.3 is 0 Å². The van der Waals surface area contributed by atoms with Crippen molar-refractivity contribution in [3.8, 4) is 11.5 Å². The zero-order chi connectivity index (χ0) is 18.6. The molecule has 0 bridgehead atoms. The van der Waals surface area contributed by atoms with Gasteiger partial charge in [-0.05, 0) is 36.2 Å². The number of carbonyl (C=O) groups is 1. The Kier molecular flexibility index (Phi) is 5.43. The number of sulfonamides is 1. The molecule has 0 saturated carbocycles. The smallest absolute Gasteiger partial charge is 0.240 e. The summed E-state index contributed by atoms with van der Waals surface area (Å²) in [5, 5.41) is 2.70. The van der Waals surface area contributed by atoms with E-state index in [1.165, 1.54) is 0 Å². The minimum absolute atomic E-state index is 0.00818. The Labute approximate surface area is 152 Å². The second-order valence-corrected chi connectivity index (χ2v) is 7.53. The van der Waals surface area contributed by atoms with Crippen LogP contribution in [-0.4, -0.2) is 27.7 Å². The van der Waals surface area contributed by atoms with Gasteiger partial charge < -0.3 is 14.8 Å². The van der Waals surface area contributed by atoms with E-state index >= 15 is 0 Å². The Balaban J connectivity index is 1.51. The van der Waals surface area contributed by atoms with Crippen LogP contribution in [0.25, 0.3) is 0 Å². The quantitative estimate of drug-likeness (QED) is 0.773. The summed E-state index contributed by atoms with van der Waals surface area (Å²) in [6, 6.07) is 11.8. The fourth-order valence-electron chi connectivity index (χ4n) is 2.48. The van der Waals surface area contributed by atoms with Crippen molar-refractivity contribution in [2.45, 2.75) is 24.7 Å². The van der Waals surface area contributed by atoms with Crippen LogP contribution in [0.2, 0.25) is 0 Å². The molecule has 0 spiro atoms. The van der Waals surface area contributed by atoms with E-state index < -0.39 is 10.0 Å². The lowest BCUT2D eigenvalue weighted by molar-refractivity contribution is -0.116. The number of anilines is 1. The van der Waals surface area contributed by atoms with Crippen molar-refractivity contribution in [1.29, 1.82) is 0 Å². The first-order chi connectivity index (χ1) is 12.5. The van der Waals surface area contributed by atoms with Gasteiger partial charge in [0.1, 0.15) is 0 Å². The molecule has 1 amide bonds. The number of hydrogen-bond acceptors (Lipinski definition) is 5. The van der Waals surface area contributed by atoms with Gasteiger partial charge in [-0.15, -0.1) is 0 Å². The number of hydrogen-bond donors (Lipinski definition) is 2. The molecule has 0 aliphatic carbocycles. The number of fused-ring (bicyclic) bond motifs is 1. The lowest BCUT2D eigenvalue weighted by atomic mass is 10.2. The molecule has 1 aliphatic heterocycles. The number of aryl methyl sites for hydroxylation is 1. The summed E-state index contributed by atoms with van der Waals surface area (Å²) in [6.45, 7) is 2.17. The molecule has 2 N–H and O–H groups in total. The minimum Gasteiger partial charge on any atom is -0.454 e. The van der Waals surface area contributed by atoms with Crippen LogP contribution in [0.5, 0.6) is 11.5 Å². The van der Waals surface area contributed by atoms with Gasteiger partial charge in [-0.1, -0.05) is 19.1 Å². The fourth-order valence-corrected chi connectivity index (χ4v) is 3.52. The highest BCUT2D eigenvalue weighted by molar-refractivity contribution is 7.89. The summed E-state index contributed by atoms with van der Waals surface area (Å²) in [6.07, 6.45) is 0.856. The topological polar surface area (TPSA) is 93.7 Å². The number of nitrogens with one attached hydrogen (secondary N) is 2. The molecule has 7 nitrogen and oxygen atoms in total. The van der Waals surface area contributed by atoms with E-state index in [4.69, 9.17) is 9.47 Å². The number of carbonyl (C=O) groups excluding carboxylic acids is 1. The van der Waals surface area contributed by atoms with Crippen molar-refractivity contribution in [2.24, 2.45) is 0 Å². The lowest BCUT2D eigenvalue weighted by Gasteiger charge is -2.08. The molecule has 3 rings (SSSR count). The van der Waals surface area contributed by atoms with Gasteiger partial charge in [-0.3, -0.25) is 4.79 Å². The molecular weight excluding hydrogens is 356 g/mol. The molecule has 2 aromatic carbocycles. The van der Waals surface area contributed by atoms with Crippen molar-refractivity contribution in [3.63, 3.8) is 0 Å². The molecule has 1 aliphatic rings. The molecule has 0 radical (unpaired) electrons. The first kappa shape index (κ1) is 18.2. The molecule has 0 aromatic heterocycles. The third-order valence-corrected chi connectivity index (χ3v) is 5.42. The number of ether oxygens (including phenoxy) is 2. The van der Waals surface area contributed by atoms with Crippen LogP contribution >= 0.6 is 0 Å². The second kappa shape index (κ2) is 7.76. The normalized spacial score (nSPS) is 12.8. The average Bonchev–Trinajstić information content (AvgIpc) is 3.09. The average molecular weight is 376 g/mol. The maximum absolute atomic E-state index is 12.2. The monoisotopic (exact) mass is 376 g/mol. The maximum Gasteiger partial charge on any atom is 0.240 e. The molecule has 2 aromatic rings. The summed E-state index contributed by atoms with van der Waals surface area (Å²) in [5.41, 5.74) is 1.63. The Morgan fingerprint density at radius 3 is 2.54 bits per heavy atom. The van der Waals surface area contributed by atoms with Crippen LogP contribution in [-0.2, 0) is 21.2 Å². The van der Waals surface area contributed by atoms with E-state index in [9.17, 15) is 13.2 Å². The standard InChI is InChI=1S/C18H20N2O5S/c1-2-13-3-6-15(7-4-13)26(22,23)19-10-9-18(21)20-14-5-8-16-17(11-14)25-12-24-16/h3-8,11,19H,2,9-10,12H2,1H3,(H,20,21). The van der Waals surface area contributed by atoms with Crippen molar-refractivity contribution >= 4 is 21.6 Å². The van der Waals surface area contributed by atoms with E-state index in [0.717, 1.165) is 12.0 Å². The highest BCUT2D eigenvalue weighted by Crippen LogP contribution is 2.34. The summed E-state index contributed by atoms with van der Waals surface area (Å²) in [7, 11) is -3.63. The summed E-state index contributed by atoms with van der Waals surface area (Å²) in [5.74, 6) is 0.900. The third kappa shape index (κ3) is 4.33. The van der Waals surface area contributed by atoms with Crippen LogP contribution in [0.15, 0.2) is 47.4 Å². The summed E-state index contributed by atoms with van der Waals surface area (Å²) < 4.78 is 37.3. The highest BCUT2D eigenvalue weighted by Gasteiger charge is 2.16. The molecular formula is C18H20N2O5S. The summed E-state index contributed by atoms with van der Waals surface area (Å²) in [4.78, 5) is 12.2. The van der Waals surface area contributed by atoms with Crippen molar-refractivity contribution in [2.75, 3.05) is 18.7 Å². The van der Waals surface area contributed by atoms with Gasteiger partial charge in [0.25, 0.3) is 0 Å². The van der Waals surface area contributed by atoms with Crippen molar-refractivity contribution < 1.29 is 22.7 Å². The van der Waals surface area contributed by atoms with E-state index in [1.54, 1.807) is 42.5 Å². The third-order valence-electron chi connectivity index (χ3n) is 3.94. The van der Waals surface area contributed by atoms with Gasteiger partial charge in [0.05, 0.1) is 4.90 Å². The first-order valence-electron chi connectivity index (χ1n) is 8.26. The van der Waals surface area contributed by atoms with Crippen LogP contribution < -0.4 is 19.5 Å². The van der Waals surface area contributed by atoms with Gasteiger partial charge in [0.15, 0.2) is 11.5 Å². The largest absolute Gasteiger partial charge is 0.454 e. The van der Waals surface area contributed by atoms with Crippen LogP contribution in [0.4, 0.5) is 5.69 Å². The fraction of sp³-hybridized carbons (Fsp3) is 0.278. The molecule has 0 atom stereocenters. The maximum atomic E-state index is 12.2. The van der Waals surface area contributed by atoms with E-state index in [2.05, 4.69) is 10.0 Å². The number of rotatable bonds is 7. The SMILES string of the molecule is CCc1ccc(S(=O)(=O)NCCC(=O)Nc2ccc3c(c2)OCO3)cc1. The van der Waals surface area contributed by atoms with E-state index in [0.29, 0.717) is 17.2 Å². The molecule has 0 unspecified atom stereocenters. The lowest BCUT2D eigenvalue weighted by Crippen LogP contribution is -2.27. The molecule has 1 heterocycles. The van der Waals surface area contributed by atoms with Gasteiger partial charge in [-0.2, -0.15) is 0 Å². The van der Waals surface area contributed by atoms with Crippen molar-refractivity contribution in [1.82, 2.24) is 4.72 Å². The Bertz CT molecular complexity index is 894. The zero-order valence-corrected chi connectivity index (χ0v) is 15.1. The molecule has 8 heteroatoms. The zero-order valence-electron chi connectivity index (χ0n) is 14.3. The molecule has 0 fully saturated rings. The van der Waals surface area contributed by atoms with Gasteiger partial charge in [-0.25, -0.2) is 13.1 Å². The molecule has 138 valence electrons. The minimum atomic E-state index is -3.63. The van der Waals surface area contributed by atoms with Crippen LogP contribution in [0.3, 0.4) is 0 Å². The van der Waals surface area contributed by atoms with E-state index in [1.807, 2.05) is 6.92 Å².